The summed E-state index contributed by atoms with van der Waals surface area (Å²) in [6.45, 7) is 11.9. The van der Waals surface area contributed by atoms with Crippen molar-refractivity contribution in [3.63, 3.8) is 0 Å². The van der Waals surface area contributed by atoms with E-state index in [1.807, 2.05) is 40.7 Å². The van der Waals surface area contributed by atoms with Crippen LogP contribution in [-0.4, -0.2) is 34.5 Å². The summed E-state index contributed by atoms with van der Waals surface area (Å²) >= 11 is 0. The molecule has 20 heavy (non-hydrogen) atoms. The highest BCUT2D eigenvalue weighted by Crippen LogP contribution is 2.36. The molecule has 0 radical (unpaired) electrons. The lowest BCUT2D eigenvalue weighted by Gasteiger charge is -2.32. The van der Waals surface area contributed by atoms with Crippen LogP contribution in [-0.2, 0) is 15.7 Å². The minimum absolute atomic E-state index is 0.343. The monoisotopic (exact) mass is 277 g/mol. The molecule has 0 saturated carbocycles. The largest absolute Gasteiger partial charge is 0.496 e. The lowest BCUT2D eigenvalue weighted by molar-refractivity contribution is 0.00578. The van der Waals surface area contributed by atoms with Crippen LogP contribution in [0.5, 0.6) is 0 Å². The normalized spacial score (nSPS) is 22.1. The topological polar surface area (TPSA) is 51.6 Å². The second-order valence-corrected chi connectivity index (χ2v) is 6.67. The molecule has 1 unspecified atom stereocenters. The van der Waals surface area contributed by atoms with Crippen LogP contribution < -0.4 is 5.46 Å². The number of aliphatic hydroxyl groups excluding tert-OH is 1. The highest BCUT2D eigenvalue weighted by atomic mass is 16.7. The highest BCUT2D eigenvalue weighted by Gasteiger charge is 2.51. The number of nitrogens with zero attached hydrogens (tertiary/aromatic N) is 1. The lowest BCUT2D eigenvalue weighted by Crippen LogP contribution is -2.41. The Morgan fingerprint density at radius 2 is 1.80 bits per heavy atom. The molecule has 0 spiro atoms. The van der Waals surface area contributed by atoms with Gasteiger partial charge in [-0.3, -0.25) is 4.98 Å². The fourth-order valence-corrected chi connectivity index (χ4v) is 2.23. The van der Waals surface area contributed by atoms with Gasteiger partial charge in [-0.25, -0.2) is 0 Å². The van der Waals surface area contributed by atoms with Crippen LogP contribution in [0.2, 0.25) is 0 Å². The number of hydrogen-bond donors (Lipinski definition) is 1. The Hall–Kier alpha value is -0.905. The molecule has 0 aromatic carbocycles. The van der Waals surface area contributed by atoms with E-state index in [-0.39, 0.29) is 24.4 Å². The fraction of sp³-hybridized carbons (Fsp3) is 0.667. The molecule has 1 aliphatic heterocycles. The zero-order chi connectivity index (χ0) is 15.1. The second-order valence-electron chi connectivity index (χ2n) is 6.67. The van der Waals surface area contributed by atoms with E-state index >= 15 is 0 Å². The Morgan fingerprint density at radius 1 is 1.25 bits per heavy atom. The molecule has 1 saturated heterocycles. The molecule has 0 aliphatic carbocycles. The standard InChI is InChI=1S/C15H24BNO3/c1-10-7-12(9-17-13(10)8-11(2)18)16-19-14(3,4)15(5,6)20-16/h7,9,11,18H,8H2,1-6H3. The van der Waals surface area contributed by atoms with E-state index in [0.717, 1.165) is 16.7 Å². The van der Waals surface area contributed by atoms with Gasteiger partial charge in [-0.1, -0.05) is 6.07 Å². The predicted octanol–water partition coefficient (Wildman–Crippen LogP) is 1.61. The molecule has 2 heterocycles. The van der Waals surface area contributed by atoms with Crippen LogP contribution in [0.15, 0.2) is 12.3 Å². The molecule has 110 valence electrons. The zero-order valence-corrected chi connectivity index (χ0v) is 13.2. The average Bonchev–Trinajstić information content (AvgIpc) is 2.50. The first kappa shape index (κ1) is 15.5. The van der Waals surface area contributed by atoms with Crippen molar-refractivity contribution in [3.8, 4) is 0 Å². The first-order valence-electron chi connectivity index (χ1n) is 7.11. The third-order valence-electron chi connectivity index (χ3n) is 4.22. The van der Waals surface area contributed by atoms with Crippen LogP contribution in [0, 0.1) is 6.92 Å². The summed E-state index contributed by atoms with van der Waals surface area (Å²) < 4.78 is 12.0. The molecular formula is C15H24BNO3. The Labute approximate surface area is 121 Å². The van der Waals surface area contributed by atoms with Gasteiger partial charge in [0.05, 0.1) is 17.3 Å². The molecule has 0 amide bonds. The van der Waals surface area contributed by atoms with E-state index in [9.17, 15) is 5.11 Å². The third kappa shape index (κ3) is 2.90. The van der Waals surface area contributed by atoms with E-state index in [1.54, 1.807) is 13.1 Å². The van der Waals surface area contributed by atoms with Crippen molar-refractivity contribution in [2.45, 2.75) is 65.3 Å². The second kappa shape index (κ2) is 5.13. The van der Waals surface area contributed by atoms with E-state index < -0.39 is 0 Å². The van der Waals surface area contributed by atoms with Gasteiger partial charge in [-0.2, -0.15) is 0 Å². The minimum atomic E-state index is -0.385. The van der Waals surface area contributed by atoms with Crippen LogP contribution in [0.4, 0.5) is 0 Å². The van der Waals surface area contributed by atoms with Crippen molar-refractivity contribution in [3.05, 3.63) is 23.5 Å². The van der Waals surface area contributed by atoms with Gasteiger partial charge in [-0.15, -0.1) is 0 Å². The maximum absolute atomic E-state index is 9.46. The van der Waals surface area contributed by atoms with Gasteiger partial charge in [0.15, 0.2) is 0 Å². The Balaban J connectivity index is 2.22. The molecule has 1 aromatic heterocycles. The molecule has 1 atom stereocenters. The van der Waals surface area contributed by atoms with Gasteiger partial charge < -0.3 is 14.4 Å². The Kier molecular flexibility index (Phi) is 3.97. The molecule has 4 nitrogen and oxygen atoms in total. The molecule has 1 aromatic rings. The van der Waals surface area contributed by atoms with E-state index in [0.29, 0.717) is 6.42 Å². The minimum Gasteiger partial charge on any atom is -0.399 e. The summed E-state index contributed by atoms with van der Waals surface area (Å²) in [6, 6.07) is 2.03. The molecule has 0 bridgehead atoms. The number of aromatic nitrogens is 1. The molecule has 1 fully saturated rings. The quantitative estimate of drug-likeness (QED) is 0.853. The lowest BCUT2D eigenvalue weighted by atomic mass is 9.79. The van der Waals surface area contributed by atoms with Crippen molar-refractivity contribution in [1.29, 1.82) is 0 Å². The predicted molar refractivity (Wildman–Crippen MR) is 80.1 cm³/mol. The van der Waals surface area contributed by atoms with Crippen molar-refractivity contribution in [2.24, 2.45) is 0 Å². The van der Waals surface area contributed by atoms with Crippen molar-refractivity contribution < 1.29 is 14.4 Å². The van der Waals surface area contributed by atoms with Gasteiger partial charge in [-0.05, 0) is 47.1 Å². The summed E-state index contributed by atoms with van der Waals surface area (Å²) in [7, 11) is -0.383. The number of hydrogen-bond acceptors (Lipinski definition) is 4. The smallest absolute Gasteiger partial charge is 0.399 e. The fourth-order valence-electron chi connectivity index (χ4n) is 2.23. The number of aryl methyl sites for hydroxylation is 1. The van der Waals surface area contributed by atoms with E-state index in [1.165, 1.54) is 0 Å². The summed E-state index contributed by atoms with van der Waals surface area (Å²) in [5.74, 6) is 0. The van der Waals surface area contributed by atoms with Gasteiger partial charge in [0, 0.05) is 23.8 Å². The SMILES string of the molecule is Cc1cc(B2OC(C)(C)C(C)(C)O2)cnc1CC(C)O. The molecule has 2 rings (SSSR count). The van der Waals surface area contributed by atoms with E-state index in [2.05, 4.69) is 4.98 Å². The van der Waals surface area contributed by atoms with Gasteiger partial charge in [0.25, 0.3) is 0 Å². The van der Waals surface area contributed by atoms with Crippen LogP contribution in [0.3, 0.4) is 0 Å². The maximum atomic E-state index is 9.46. The van der Waals surface area contributed by atoms with Crippen LogP contribution in [0.1, 0.15) is 45.9 Å². The Bertz CT molecular complexity index is 484. The van der Waals surface area contributed by atoms with Crippen molar-refractivity contribution in [2.75, 3.05) is 0 Å². The van der Waals surface area contributed by atoms with E-state index in [4.69, 9.17) is 9.31 Å². The van der Waals surface area contributed by atoms with Gasteiger partial charge in [0.1, 0.15) is 0 Å². The number of pyridine rings is 1. The molecule has 1 aliphatic rings. The molecular weight excluding hydrogens is 253 g/mol. The first-order valence-corrected chi connectivity index (χ1v) is 7.11. The van der Waals surface area contributed by atoms with Gasteiger partial charge >= 0.3 is 7.12 Å². The Morgan fingerprint density at radius 3 is 2.25 bits per heavy atom. The van der Waals surface area contributed by atoms with Crippen LogP contribution in [0.25, 0.3) is 0 Å². The van der Waals surface area contributed by atoms with Crippen LogP contribution >= 0.6 is 0 Å². The van der Waals surface area contributed by atoms with Crippen molar-refractivity contribution >= 4 is 12.6 Å². The molecule has 5 heteroatoms. The zero-order valence-electron chi connectivity index (χ0n) is 13.2. The highest BCUT2D eigenvalue weighted by molar-refractivity contribution is 6.62. The average molecular weight is 277 g/mol. The summed E-state index contributed by atoms with van der Waals surface area (Å²) in [5, 5.41) is 9.46. The molecule has 1 N–H and O–H groups in total. The van der Waals surface area contributed by atoms with Gasteiger partial charge in [0.2, 0.25) is 0 Å². The first-order chi connectivity index (χ1) is 9.12. The summed E-state index contributed by atoms with van der Waals surface area (Å²) in [5.41, 5.74) is 2.21. The summed E-state index contributed by atoms with van der Waals surface area (Å²) in [6.07, 6.45) is 1.96. The third-order valence-corrected chi connectivity index (χ3v) is 4.22. The summed E-state index contributed by atoms with van der Waals surface area (Å²) in [4.78, 5) is 4.44. The number of aliphatic hydroxyl groups is 1. The maximum Gasteiger partial charge on any atom is 0.496 e. The van der Waals surface area contributed by atoms with Crippen molar-refractivity contribution in [1.82, 2.24) is 4.98 Å². The number of rotatable bonds is 3.